The fourth-order valence-electron chi connectivity index (χ4n) is 0.162. The van der Waals surface area contributed by atoms with E-state index in [1.54, 1.807) is 20.4 Å². The Morgan fingerprint density at radius 3 is 1.73 bits per heavy atom. The van der Waals surface area contributed by atoms with Gasteiger partial charge in [0, 0.05) is 0 Å². The van der Waals surface area contributed by atoms with Crippen LogP contribution in [0.4, 0.5) is 0 Å². The fraction of sp³-hybridized carbons (Fsp3) is 0.500. The summed E-state index contributed by atoms with van der Waals surface area (Å²) in [5, 5.41) is 5.78. The maximum absolute atomic E-state index is 4.93. The molecular formula is C4H8N2S4Se. The van der Waals surface area contributed by atoms with Crippen molar-refractivity contribution in [1.29, 1.82) is 0 Å². The monoisotopic (exact) mass is 292 g/mol. The molecule has 7 heteroatoms. The van der Waals surface area contributed by atoms with Crippen LogP contribution in [0.1, 0.15) is 0 Å². The van der Waals surface area contributed by atoms with Gasteiger partial charge in [-0.15, -0.1) is 0 Å². The van der Waals surface area contributed by atoms with E-state index < -0.39 is 0 Å². The van der Waals surface area contributed by atoms with Crippen LogP contribution in [0.2, 0.25) is 0 Å². The van der Waals surface area contributed by atoms with Crippen molar-refractivity contribution in [3.63, 3.8) is 0 Å². The number of nitrogens with one attached hydrogen (secondary N) is 2. The van der Waals surface area contributed by atoms with Gasteiger partial charge in [0.15, 0.2) is 0 Å². The minimum atomic E-state index is 0.347. The maximum atomic E-state index is 4.93. The number of rotatable bonds is 2. The molecule has 0 aliphatic heterocycles. The summed E-state index contributed by atoms with van der Waals surface area (Å²) >= 11 is 10.2. The molecule has 0 rings (SSSR count). The molecule has 0 aliphatic rings. The van der Waals surface area contributed by atoms with Gasteiger partial charge in [-0.1, -0.05) is 0 Å². The molecule has 2 N–H and O–H groups in total. The van der Waals surface area contributed by atoms with E-state index in [1.807, 2.05) is 14.1 Å². The van der Waals surface area contributed by atoms with Gasteiger partial charge >= 0.3 is 90.9 Å². The third-order valence-corrected chi connectivity index (χ3v) is 8.89. The molecule has 0 amide bonds. The van der Waals surface area contributed by atoms with E-state index in [0.717, 1.165) is 8.64 Å². The van der Waals surface area contributed by atoms with Crippen LogP contribution in [0.15, 0.2) is 0 Å². The van der Waals surface area contributed by atoms with E-state index in [4.69, 9.17) is 24.4 Å². The van der Waals surface area contributed by atoms with Crippen LogP contribution >= 0.6 is 44.8 Å². The van der Waals surface area contributed by atoms with Crippen molar-refractivity contribution in [2.24, 2.45) is 0 Å². The summed E-state index contributed by atoms with van der Waals surface area (Å²) in [6.07, 6.45) is 0. The van der Waals surface area contributed by atoms with E-state index in [9.17, 15) is 0 Å². The molecule has 0 saturated carbocycles. The molecule has 0 unspecified atom stereocenters. The fourth-order valence-corrected chi connectivity index (χ4v) is 7.58. The molecule has 0 bridgehead atoms. The summed E-state index contributed by atoms with van der Waals surface area (Å²) in [6, 6.07) is 0. The second-order valence-electron chi connectivity index (χ2n) is 1.31. The summed E-state index contributed by atoms with van der Waals surface area (Å²) in [5.74, 6) is 0. The first-order chi connectivity index (χ1) is 5.20. The van der Waals surface area contributed by atoms with Crippen molar-refractivity contribution in [1.82, 2.24) is 10.6 Å². The van der Waals surface area contributed by atoms with Gasteiger partial charge in [-0.3, -0.25) is 0 Å². The quantitative estimate of drug-likeness (QED) is 0.581. The average molecular weight is 291 g/mol. The zero-order valence-corrected chi connectivity index (χ0v) is 11.0. The van der Waals surface area contributed by atoms with Gasteiger partial charge in [0.1, 0.15) is 0 Å². The zero-order valence-electron chi connectivity index (χ0n) is 6.04. The van der Waals surface area contributed by atoms with Crippen LogP contribution in [-0.4, -0.2) is 35.5 Å². The Balaban J connectivity index is 3.27. The molecule has 64 valence electrons. The van der Waals surface area contributed by atoms with Crippen molar-refractivity contribution >= 4 is 66.2 Å². The second kappa shape index (κ2) is 7.64. The van der Waals surface area contributed by atoms with Crippen LogP contribution in [0.3, 0.4) is 0 Å². The van der Waals surface area contributed by atoms with E-state index in [1.165, 1.54) is 0 Å². The van der Waals surface area contributed by atoms with Crippen LogP contribution in [0.25, 0.3) is 0 Å². The topological polar surface area (TPSA) is 24.1 Å². The number of hydrogen-bond donors (Lipinski definition) is 2. The molecule has 2 nitrogen and oxygen atoms in total. The van der Waals surface area contributed by atoms with E-state index in [0.29, 0.717) is 12.7 Å². The minimum absolute atomic E-state index is 0.347. The third-order valence-electron chi connectivity index (χ3n) is 0.628. The van der Waals surface area contributed by atoms with Gasteiger partial charge in [-0.25, -0.2) is 0 Å². The summed E-state index contributed by atoms with van der Waals surface area (Å²) in [7, 11) is 6.93. The molecule has 0 fully saturated rings. The molecule has 0 aromatic heterocycles. The summed E-state index contributed by atoms with van der Waals surface area (Å²) < 4.78 is 1.66. The van der Waals surface area contributed by atoms with Gasteiger partial charge in [0.25, 0.3) is 0 Å². The van der Waals surface area contributed by atoms with Gasteiger partial charge in [0.05, 0.1) is 0 Å². The van der Waals surface area contributed by atoms with Gasteiger partial charge in [0.2, 0.25) is 0 Å². The van der Waals surface area contributed by atoms with Crippen LogP contribution in [-0.2, 0) is 0 Å². The molecule has 0 aromatic rings. The normalized spacial score (nSPS) is 8.91. The van der Waals surface area contributed by atoms with Crippen LogP contribution in [0, 0.1) is 0 Å². The second-order valence-corrected chi connectivity index (χ2v) is 9.00. The Hall–Kier alpha value is 0.999. The van der Waals surface area contributed by atoms with Crippen molar-refractivity contribution in [2.75, 3.05) is 14.1 Å². The van der Waals surface area contributed by atoms with Gasteiger partial charge < -0.3 is 0 Å². The summed E-state index contributed by atoms with van der Waals surface area (Å²) in [6.45, 7) is 0. The SMILES string of the molecule is CNC(=S)S[Se]SC(=S)NC. The Morgan fingerprint density at radius 2 is 1.45 bits per heavy atom. The van der Waals surface area contributed by atoms with Crippen molar-refractivity contribution in [3.05, 3.63) is 0 Å². The van der Waals surface area contributed by atoms with E-state index >= 15 is 0 Å². The first-order valence-corrected chi connectivity index (χ1v) is 9.15. The molecule has 0 heterocycles. The third kappa shape index (κ3) is 7.36. The molecule has 0 aliphatic carbocycles. The molecule has 0 radical (unpaired) electrons. The van der Waals surface area contributed by atoms with Crippen LogP contribution < -0.4 is 10.6 Å². The predicted octanol–water partition coefficient (Wildman–Crippen LogP) is 0.996. The number of hydrogen-bond acceptors (Lipinski definition) is 4. The van der Waals surface area contributed by atoms with Crippen molar-refractivity contribution < 1.29 is 0 Å². The molecule has 11 heavy (non-hydrogen) atoms. The predicted molar refractivity (Wildman–Crippen MR) is 64.3 cm³/mol. The van der Waals surface area contributed by atoms with E-state index in [2.05, 4.69) is 10.6 Å². The molecular weight excluding hydrogens is 283 g/mol. The van der Waals surface area contributed by atoms with Gasteiger partial charge in [-0.2, -0.15) is 0 Å². The Labute approximate surface area is 90.3 Å². The summed E-state index contributed by atoms with van der Waals surface area (Å²) in [5.41, 5.74) is 0. The average Bonchev–Trinajstić information content (AvgIpc) is 2.04. The van der Waals surface area contributed by atoms with Crippen molar-refractivity contribution in [2.45, 2.75) is 0 Å². The first-order valence-electron chi connectivity index (χ1n) is 2.65. The molecule has 0 spiro atoms. The van der Waals surface area contributed by atoms with E-state index in [-0.39, 0.29) is 0 Å². The molecule has 0 saturated heterocycles. The zero-order chi connectivity index (χ0) is 8.69. The molecule has 0 atom stereocenters. The Morgan fingerprint density at radius 1 is 1.09 bits per heavy atom. The standard InChI is InChI=1S/C4H8N2S4Se/c1-5-3(7)9-11-10-4(8)6-2/h1-2H3,(H,5,7)(H,6,8). The molecule has 0 aromatic carbocycles. The van der Waals surface area contributed by atoms with Gasteiger partial charge in [-0.05, 0) is 0 Å². The number of thiocarbonyl (C=S) groups is 2. The first kappa shape index (κ1) is 12.0. The summed E-state index contributed by atoms with van der Waals surface area (Å²) in [4.78, 5) is 0. The van der Waals surface area contributed by atoms with Crippen molar-refractivity contribution in [3.8, 4) is 0 Å². The van der Waals surface area contributed by atoms with Crippen LogP contribution in [0.5, 0.6) is 0 Å². The Bertz CT molecular complexity index is 135. The Kier molecular flexibility index (Phi) is 8.33.